The molecule has 290 valence electrons. The number of para-hydroxylation sites is 1. The van der Waals surface area contributed by atoms with Crippen molar-refractivity contribution in [2.75, 3.05) is 4.90 Å². The smallest absolute Gasteiger partial charge is 0.0713 e. The molecule has 0 fully saturated rings. The summed E-state index contributed by atoms with van der Waals surface area (Å²) < 4.78 is 0. The molecule has 0 saturated carbocycles. The van der Waals surface area contributed by atoms with Gasteiger partial charge >= 0.3 is 0 Å². The minimum absolute atomic E-state index is 0.479. The Morgan fingerprint density at radius 3 is 1.55 bits per heavy atom. The molecular weight excluding hydrogens is 747 g/mol. The Bertz CT molecular complexity index is 3410. The van der Waals surface area contributed by atoms with Crippen molar-refractivity contribution in [2.24, 2.45) is 0 Å². The molecule has 0 spiro atoms. The summed E-state index contributed by atoms with van der Waals surface area (Å²) in [6.07, 6.45) is 0. The summed E-state index contributed by atoms with van der Waals surface area (Å²) in [5.41, 5.74) is 15.4. The van der Waals surface area contributed by atoms with Crippen LogP contribution < -0.4 is 4.90 Å². The fourth-order valence-corrected chi connectivity index (χ4v) is 10.5. The minimum Gasteiger partial charge on any atom is -0.309 e. The van der Waals surface area contributed by atoms with Gasteiger partial charge in [-0.2, -0.15) is 0 Å². The van der Waals surface area contributed by atoms with Crippen LogP contribution in [-0.4, -0.2) is 0 Å². The number of hydrogen-bond donors (Lipinski definition) is 0. The van der Waals surface area contributed by atoms with Crippen LogP contribution in [0.15, 0.2) is 249 Å². The highest BCUT2D eigenvalue weighted by atomic mass is 15.1. The highest BCUT2D eigenvalue weighted by Gasteiger charge is 2.46. The molecule has 0 atom stereocenters. The summed E-state index contributed by atoms with van der Waals surface area (Å²) in [5, 5.41) is 7.33. The van der Waals surface area contributed by atoms with E-state index in [0.717, 1.165) is 17.1 Å². The average molecular weight is 788 g/mol. The SMILES string of the molecule is c1ccc(-c2ccc3c(-c4c(N(c5ccccc5)c5ccc6c(c5)-c5ccccc5C6(c5ccccc5)c5ccccc5)c5ccccc5c5ccccc45)cccc3c2)cc1. The van der Waals surface area contributed by atoms with Crippen molar-refractivity contribution in [1.82, 2.24) is 0 Å². The van der Waals surface area contributed by atoms with Crippen molar-refractivity contribution in [3.05, 3.63) is 271 Å². The van der Waals surface area contributed by atoms with Crippen LogP contribution in [0.3, 0.4) is 0 Å². The Labute approximate surface area is 362 Å². The Kier molecular flexibility index (Phi) is 8.47. The maximum absolute atomic E-state index is 2.52. The summed E-state index contributed by atoms with van der Waals surface area (Å²) in [6, 6.07) is 91.7. The van der Waals surface area contributed by atoms with E-state index in [1.54, 1.807) is 0 Å². The second-order valence-corrected chi connectivity index (χ2v) is 16.4. The predicted molar refractivity (Wildman–Crippen MR) is 262 cm³/mol. The van der Waals surface area contributed by atoms with Crippen molar-refractivity contribution in [2.45, 2.75) is 5.41 Å². The fraction of sp³-hybridized carbons (Fsp3) is 0.0164. The zero-order chi connectivity index (χ0) is 41.0. The zero-order valence-electron chi connectivity index (χ0n) is 34.1. The van der Waals surface area contributed by atoms with Crippen LogP contribution in [-0.2, 0) is 5.41 Å². The molecule has 0 aliphatic heterocycles. The molecule has 0 saturated heterocycles. The second kappa shape index (κ2) is 14.6. The summed E-state index contributed by atoms with van der Waals surface area (Å²) in [4.78, 5) is 2.52. The van der Waals surface area contributed by atoms with Gasteiger partial charge in [-0.3, -0.25) is 0 Å². The number of nitrogens with zero attached hydrogens (tertiary/aromatic N) is 1. The van der Waals surface area contributed by atoms with Crippen LogP contribution in [0.4, 0.5) is 17.1 Å². The van der Waals surface area contributed by atoms with Crippen LogP contribution in [0, 0.1) is 0 Å². The lowest BCUT2D eigenvalue weighted by molar-refractivity contribution is 0.768. The van der Waals surface area contributed by atoms with Gasteiger partial charge in [0, 0.05) is 22.3 Å². The number of anilines is 3. The van der Waals surface area contributed by atoms with Crippen LogP contribution in [0.1, 0.15) is 22.3 Å². The summed E-state index contributed by atoms with van der Waals surface area (Å²) >= 11 is 0. The van der Waals surface area contributed by atoms with E-state index < -0.39 is 5.41 Å². The monoisotopic (exact) mass is 787 g/mol. The van der Waals surface area contributed by atoms with Gasteiger partial charge in [-0.05, 0) is 107 Å². The molecule has 11 aromatic rings. The third kappa shape index (κ3) is 5.49. The molecule has 0 bridgehead atoms. The lowest BCUT2D eigenvalue weighted by atomic mass is 9.68. The Morgan fingerprint density at radius 1 is 0.290 bits per heavy atom. The molecule has 1 nitrogen and oxygen atoms in total. The topological polar surface area (TPSA) is 3.24 Å². The quantitative estimate of drug-likeness (QED) is 0.145. The first-order chi connectivity index (χ1) is 30.8. The highest BCUT2D eigenvalue weighted by molar-refractivity contribution is 6.24. The molecule has 0 aromatic heterocycles. The molecule has 12 rings (SSSR count). The van der Waals surface area contributed by atoms with E-state index in [4.69, 9.17) is 0 Å². The summed E-state index contributed by atoms with van der Waals surface area (Å²) in [7, 11) is 0. The van der Waals surface area contributed by atoms with Gasteiger partial charge in [-0.25, -0.2) is 0 Å². The van der Waals surface area contributed by atoms with Crippen molar-refractivity contribution in [1.29, 1.82) is 0 Å². The molecule has 1 aliphatic carbocycles. The molecule has 0 radical (unpaired) electrons. The highest BCUT2D eigenvalue weighted by Crippen LogP contribution is 2.58. The van der Waals surface area contributed by atoms with Crippen LogP contribution in [0.25, 0.3) is 65.7 Å². The molecular formula is C61H41N. The third-order valence-electron chi connectivity index (χ3n) is 13.1. The number of hydrogen-bond acceptors (Lipinski definition) is 1. The maximum Gasteiger partial charge on any atom is 0.0713 e. The lowest BCUT2D eigenvalue weighted by Gasteiger charge is -2.34. The van der Waals surface area contributed by atoms with Crippen molar-refractivity contribution >= 4 is 49.4 Å². The van der Waals surface area contributed by atoms with E-state index >= 15 is 0 Å². The Morgan fingerprint density at radius 2 is 0.839 bits per heavy atom. The van der Waals surface area contributed by atoms with Crippen molar-refractivity contribution in [3.63, 3.8) is 0 Å². The molecule has 11 aromatic carbocycles. The van der Waals surface area contributed by atoms with Gasteiger partial charge in [-0.1, -0.05) is 218 Å². The van der Waals surface area contributed by atoms with Crippen molar-refractivity contribution < 1.29 is 0 Å². The molecule has 0 heterocycles. The Hall–Kier alpha value is -8.00. The third-order valence-corrected chi connectivity index (χ3v) is 13.1. The first-order valence-corrected chi connectivity index (χ1v) is 21.5. The number of rotatable bonds is 7. The normalized spacial score (nSPS) is 12.6. The van der Waals surface area contributed by atoms with Crippen LogP contribution in [0.2, 0.25) is 0 Å². The molecule has 62 heavy (non-hydrogen) atoms. The Balaban J connectivity index is 1.17. The van der Waals surface area contributed by atoms with Crippen molar-refractivity contribution in [3.8, 4) is 33.4 Å². The predicted octanol–water partition coefficient (Wildman–Crippen LogP) is 16.3. The first-order valence-electron chi connectivity index (χ1n) is 21.5. The molecule has 0 N–H and O–H groups in total. The van der Waals surface area contributed by atoms with E-state index in [1.807, 2.05) is 0 Å². The molecule has 0 unspecified atom stereocenters. The summed E-state index contributed by atoms with van der Waals surface area (Å²) in [5.74, 6) is 0. The second-order valence-electron chi connectivity index (χ2n) is 16.4. The standard InChI is InChI=1S/C61H41N/c1-5-20-42(21-6-1)43-36-38-49-44(40-43)22-19-34-53(49)59-54-32-15-13-29-50(54)51-30-14-16-33-55(51)60(59)62(47-27-11-4-12-28-47)48-37-39-58-56(41-48)52-31-17-18-35-57(52)61(58,45-23-7-2-8-24-45)46-25-9-3-10-26-46/h1-41H. The van der Waals surface area contributed by atoms with Gasteiger partial charge in [0.1, 0.15) is 0 Å². The maximum atomic E-state index is 2.52. The number of benzene rings is 11. The van der Waals surface area contributed by atoms with Gasteiger partial charge in [0.25, 0.3) is 0 Å². The van der Waals surface area contributed by atoms with Crippen LogP contribution in [0.5, 0.6) is 0 Å². The summed E-state index contributed by atoms with van der Waals surface area (Å²) in [6.45, 7) is 0. The van der Waals surface area contributed by atoms with E-state index in [1.165, 1.54) is 88.0 Å². The zero-order valence-corrected chi connectivity index (χ0v) is 34.1. The van der Waals surface area contributed by atoms with Gasteiger partial charge in [0.05, 0.1) is 11.1 Å². The molecule has 1 aliphatic rings. The minimum atomic E-state index is -0.479. The van der Waals surface area contributed by atoms with E-state index in [2.05, 4.69) is 254 Å². The van der Waals surface area contributed by atoms with Gasteiger partial charge in [0.2, 0.25) is 0 Å². The van der Waals surface area contributed by atoms with E-state index in [9.17, 15) is 0 Å². The van der Waals surface area contributed by atoms with Gasteiger partial charge < -0.3 is 4.90 Å². The fourth-order valence-electron chi connectivity index (χ4n) is 10.5. The lowest BCUT2D eigenvalue weighted by Crippen LogP contribution is -2.28. The van der Waals surface area contributed by atoms with Gasteiger partial charge in [0.15, 0.2) is 0 Å². The average Bonchev–Trinajstić information content (AvgIpc) is 3.65. The van der Waals surface area contributed by atoms with Gasteiger partial charge in [-0.15, -0.1) is 0 Å². The molecule has 0 amide bonds. The number of fused-ring (bicyclic) bond motifs is 7. The van der Waals surface area contributed by atoms with E-state index in [-0.39, 0.29) is 0 Å². The van der Waals surface area contributed by atoms with Crippen LogP contribution >= 0.6 is 0 Å². The first kappa shape index (κ1) is 35.9. The largest absolute Gasteiger partial charge is 0.309 e. The molecule has 1 heteroatoms. The van der Waals surface area contributed by atoms with E-state index in [0.29, 0.717) is 0 Å².